The Labute approximate surface area is 191 Å². The van der Waals surface area contributed by atoms with Crippen LogP contribution in [-0.2, 0) is 16.1 Å². The summed E-state index contributed by atoms with van der Waals surface area (Å²) in [6.07, 6.45) is 0. The van der Waals surface area contributed by atoms with Crippen LogP contribution in [0.2, 0.25) is 0 Å². The Hall–Kier alpha value is -4.25. The summed E-state index contributed by atoms with van der Waals surface area (Å²) < 4.78 is 24.0. The van der Waals surface area contributed by atoms with Crippen LogP contribution in [0.5, 0.6) is 5.75 Å². The molecule has 0 atom stereocenters. The van der Waals surface area contributed by atoms with Crippen molar-refractivity contribution in [1.82, 2.24) is 15.3 Å². The SMILES string of the molecule is CCOC(=O)CNC(=O)c1nc(C)nc(C#Cc2ccc(F)cc2)c1OCc1ccccc1. The Bertz CT molecular complexity index is 1190. The monoisotopic (exact) mass is 447 g/mol. The van der Waals surface area contributed by atoms with Crippen molar-refractivity contribution in [3.63, 3.8) is 0 Å². The summed E-state index contributed by atoms with van der Waals surface area (Å²) in [7, 11) is 0. The van der Waals surface area contributed by atoms with E-state index in [-0.39, 0.29) is 42.7 Å². The molecule has 1 heterocycles. The van der Waals surface area contributed by atoms with Crippen molar-refractivity contribution in [2.75, 3.05) is 13.2 Å². The van der Waals surface area contributed by atoms with Crippen molar-refractivity contribution in [3.05, 3.63) is 88.8 Å². The Balaban J connectivity index is 1.95. The van der Waals surface area contributed by atoms with Crippen LogP contribution in [0.25, 0.3) is 0 Å². The van der Waals surface area contributed by atoms with Gasteiger partial charge < -0.3 is 14.8 Å². The lowest BCUT2D eigenvalue weighted by Gasteiger charge is -2.13. The van der Waals surface area contributed by atoms with Crippen LogP contribution in [0.1, 0.15) is 40.1 Å². The number of carbonyl (C=O) groups is 2. The van der Waals surface area contributed by atoms with Crippen molar-refractivity contribution < 1.29 is 23.5 Å². The number of carbonyl (C=O) groups excluding carboxylic acids is 2. The molecule has 33 heavy (non-hydrogen) atoms. The second-order valence-electron chi connectivity index (χ2n) is 6.82. The smallest absolute Gasteiger partial charge is 0.325 e. The van der Waals surface area contributed by atoms with E-state index in [2.05, 4.69) is 27.1 Å². The molecule has 0 aliphatic carbocycles. The van der Waals surface area contributed by atoms with Gasteiger partial charge in [0.05, 0.1) is 6.61 Å². The van der Waals surface area contributed by atoms with Crippen molar-refractivity contribution in [1.29, 1.82) is 0 Å². The maximum atomic E-state index is 13.2. The highest BCUT2D eigenvalue weighted by Crippen LogP contribution is 2.22. The Morgan fingerprint density at radius 3 is 2.45 bits per heavy atom. The van der Waals surface area contributed by atoms with Gasteiger partial charge in [0, 0.05) is 5.56 Å². The molecule has 0 fully saturated rings. The van der Waals surface area contributed by atoms with E-state index in [1.54, 1.807) is 13.8 Å². The summed E-state index contributed by atoms with van der Waals surface area (Å²) in [5.41, 5.74) is 1.58. The van der Waals surface area contributed by atoms with E-state index in [0.717, 1.165) is 5.56 Å². The molecular formula is C25H22FN3O4. The van der Waals surface area contributed by atoms with E-state index in [4.69, 9.17) is 9.47 Å². The standard InChI is InChI=1S/C25H22FN3O4/c1-3-32-22(30)15-27-25(31)23-24(33-16-19-7-5-4-6-8-19)21(28-17(2)29-23)14-11-18-9-12-20(26)13-10-18/h4-10,12-13H,3,15-16H2,1-2H3,(H,27,31). The lowest BCUT2D eigenvalue weighted by atomic mass is 10.2. The third-order valence-electron chi connectivity index (χ3n) is 4.29. The molecule has 0 bridgehead atoms. The molecule has 1 aromatic heterocycles. The van der Waals surface area contributed by atoms with Gasteiger partial charge in [0.25, 0.3) is 5.91 Å². The highest BCUT2D eigenvalue weighted by atomic mass is 19.1. The minimum absolute atomic E-state index is 0.0499. The van der Waals surface area contributed by atoms with Crippen molar-refractivity contribution in [2.24, 2.45) is 0 Å². The highest BCUT2D eigenvalue weighted by molar-refractivity contribution is 5.97. The van der Waals surface area contributed by atoms with Crippen molar-refractivity contribution in [2.45, 2.75) is 20.5 Å². The van der Waals surface area contributed by atoms with E-state index < -0.39 is 11.9 Å². The first-order valence-corrected chi connectivity index (χ1v) is 10.2. The van der Waals surface area contributed by atoms with Gasteiger partial charge in [-0.3, -0.25) is 9.59 Å². The third-order valence-corrected chi connectivity index (χ3v) is 4.29. The van der Waals surface area contributed by atoms with Crippen LogP contribution in [0.4, 0.5) is 4.39 Å². The molecule has 0 spiro atoms. The topological polar surface area (TPSA) is 90.4 Å². The number of hydrogen-bond acceptors (Lipinski definition) is 6. The summed E-state index contributed by atoms with van der Waals surface area (Å²) in [5.74, 6) is 4.60. The number of halogens is 1. The predicted octanol–water partition coefficient (Wildman–Crippen LogP) is 3.20. The van der Waals surface area contributed by atoms with E-state index in [0.29, 0.717) is 11.4 Å². The Morgan fingerprint density at radius 1 is 1.03 bits per heavy atom. The van der Waals surface area contributed by atoms with E-state index in [9.17, 15) is 14.0 Å². The molecule has 1 amide bonds. The number of amides is 1. The summed E-state index contributed by atoms with van der Waals surface area (Å²) in [6.45, 7) is 3.33. The zero-order chi connectivity index (χ0) is 23.6. The molecular weight excluding hydrogens is 425 g/mol. The van der Waals surface area contributed by atoms with E-state index in [1.165, 1.54) is 24.3 Å². The number of esters is 1. The summed E-state index contributed by atoms with van der Waals surface area (Å²) in [6, 6.07) is 15.0. The van der Waals surface area contributed by atoms with Gasteiger partial charge in [0.1, 0.15) is 24.8 Å². The molecule has 0 saturated heterocycles. The fourth-order valence-electron chi connectivity index (χ4n) is 2.78. The molecule has 0 radical (unpaired) electrons. The highest BCUT2D eigenvalue weighted by Gasteiger charge is 2.21. The van der Waals surface area contributed by atoms with Gasteiger partial charge in [-0.15, -0.1) is 0 Å². The fourth-order valence-corrected chi connectivity index (χ4v) is 2.78. The number of benzene rings is 2. The zero-order valence-corrected chi connectivity index (χ0v) is 18.2. The molecule has 0 aliphatic heterocycles. The summed E-state index contributed by atoms with van der Waals surface area (Å²) in [5, 5.41) is 2.48. The molecule has 1 N–H and O–H groups in total. The van der Waals surface area contributed by atoms with Gasteiger partial charge >= 0.3 is 5.97 Å². The third kappa shape index (κ3) is 6.87. The number of rotatable bonds is 7. The average Bonchev–Trinajstić information content (AvgIpc) is 2.82. The number of ether oxygens (including phenoxy) is 2. The van der Waals surface area contributed by atoms with Crippen LogP contribution in [0.15, 0.2) is 54.6 Å². The Morgan fingerprint density at radius 2 is 1.76 bits per heavy atom. The van der Waals surface area contributed by atoms with Crippen molar-refractivity contribution in [3.8, 4) is 17.6 Å². The molecule has 8 heteroatoms. The molecule has 7 nitrogen and oxygen atoms in total. The molecule has 168 valence electrons. The van der Waals surface area contributed by atoms with Crippen LogP contribution in [0.3, 0.4) is 0 Å². The number of hydrogen-bond donors (Lipinski definition) is 1. The first kappa shape index (κ1) is 23.4. The van der Waals surface area contributed by atoms with Gasteiger partial charge in [-0.2, -0.15) is 0 Å². The maximum absolute atomic E-state index is 13.2. The minimum Gasteiger partial charge on any atom is -0.483 e. The van der Waals surface area contributed by atoms with Gasteiger partial charge in [-0.1, -0.05) is 36.3 Å². The lowest BCUT2D eigenvalue weighted by Crippen LogP contribution is -2.32. The van der Waals surface area contributed by atoms with Gasteiger partial charge in [0.2, 0.25) is 0 Å². The molecule has 3 aromatic rings. The van der Waals surface area contributed by atoms with Crippen molar-refractivity contribution >= 4 is 11.9 Å². The first-order valence-electron chi connectivity index (χ1n) is 10.2. The fraction of sp³-hybridized carbons (Fsp3) is 0.200. The number of aryl methyl sites for hydroxylation is 1. The van der Waals surface area contributed by atoms with E-state index >= 15 is 0 Å². The van der Waals surface area contributed by atoms with Crippen LogP contribution < -0.4 is 10.1 Å². The quantitative estimate of drug-likeness (QED) is 0.442. The minimum atomic E-state index is -0.624. The second-order valence-corrected chi connectivity index (χ2v) is 6.82. The predicted molar refractivity (Wildman–Crippen MR) is 119 cm³/mol. The largest absolute Gasteiger partial charge is 0.483 e. The van der Waals surface area contributed by atoms with Gasteiger partial charge in [0.15, 0.2) is 17.1 Å². The molecule has 0 unspecified atom stereocenters. The molecule has 2 aromatic carbocycles. The van der Waals surface area contributed by atoms with Crippen LogP contribution >= 0.6 is 0 Å². The average molecular weight is 447 g/mol. The van der Waals surface area contributed by atoms with Crippen LogP contribution in [-0.4, -0.2) is 35.0 Å². The molecule has 0 aliphatic rings. The molecule has 0 saturated carbocycles. The second kappa shape index (κ2) is 11.4. The number of nitrogens with one attached hydrogen (secondary N) is 1. The summed E-state index contributed by atoms with van der Waals surface area (Å²) in [4.78, 5) is 33.0. The van der Waals surface area contributed by atoms with Gasteiger partial charge in [-0.25, -0.2) is 14.4 Å². The lowest BCUT2D eigenvalue weighted by molar-refractivity contribution is -0.141. The van der Waals surface area contributed by atoms with E-state index in [1.807, 2.05) is 30.3 Å². The first-order chi connectivity index (χ1) is 16.0. The number of aromatic nitrogens is 2. The summed E-state index contributed by atoms with van der Waals surface area (Å²) >= 11 is 0. The zero-order valence-electron chi connectivity index (χ0n) is 18.2. The normalized spacial score (nSPS) is 10.0. The van der Waals surface area contributed by atoms with Crippen LogP contribution in [0, 0.1) is 24.6 Å². The maximum Gasteiger partial charge on any atom is 0.325 e. The Kier molecular flexibility index (Phi) is 8.08. The van der Waals surface area contributed by atoms with Gasteiger partial charge in [-0.05, 0) is 49.6 Å². The molecule has 3 rings (SSSR count). The number of nitrogens with zero attached hydrogens (tertiary/aromatic N) is 2.